The number of carbonyl (C=O) groups is 2. The van der Waals surface area contributed by atoms with Crippen LogP contribution < -0.4 is 10.2 Å². The lowest BCUT2D eigenvalue weighted by atomic mass is 9.92. The first-order valence-corrected chi connectivity index (χ1v) is 13.8. The predicted molar refractivity (Wildman–Crippen MR) is 154 cm³/mol. The van der Waals surface area contributed by atoms with Crippen molar-refractivity contribution in [1.29, 1.82) is 0 Å². The fourth-order valence-corrected chi connectivity index (χ4v) is 5.94. The molecule has 39 heavy (non-hydrogen) atoms. The summed E-state index contributed by atoms with van der Waals surface area (Å²) in [5.74, 6) is -0.331. The molecule has 0 bridgehead atoms. The first kappa shape index (κ1) is 25.2. The first-order valence-electron chi connectivity index (χ1n) is 13.8. The van der Waals surface area contributed by atoms with E-state index in [0.29, 0.717) is 5.56 Å². The Morgan fingerprint density at radius 1 is 1.00 bits per heavy atom. The summed E-state index contributed by atoms with van der Waals surface area (Å²) in [5, 5.41) is 4.19. The number of morpholine rings is 1. The van der Waals surface area contributed by atoms with Crippen molar-refractivity contribution in [3.05, 3.63) is 95.7 Å². The maximum Gasteiger partial charge on any atom is 0.255 e. The number of fused-ring (bicyclic) bond motifs is 2. The molecule has 0 aliphatic carbocycles. The number of para-hydroxylation sites is 1. The molecule has 7 nitrogen and oxygen atoms in total. The van der Waals surface area contributed by atoms with Crippen LogP contribution in [0.25, 0.3) is 10.9 Å². The number of hydrogen-bond donors (Lipinski definition) is 2. The van der Waals surface area contributed by atoms with Gasteiger partial charge in [-0.05, 0) is 47.9 Å². The lowest BCUT2D eigenvalue weighted by Gasteiger charge is -2.36. The van der Waals surface area contributed by atoms with Gasteiger partial charge in [0.25, 0.3) is 5.91 Å². The zero-order chi connectivity index (χ0) is 26.9. The van der Waals surface area contributed by atoms with Gasteiger partial charge < -0.3 is 24.8 Å². The molecule has 6 rings (SSSR count). The highest BCUT2D eigenvalue weighted by molar-refractivity contribution is 6.05. The van der Waals surface area contributed by atoms with E-state index in [-0.39, 0.29) is 23.8 Å². The zero-order valence-electron chi connectivity index (χ0n) is 22.4. The number of carbonyl (C=O) groups excluding carboxylic acids is 2. The molecule has 3 heterocycles. The quantitative estimate of drug-likeness (QED) is 0.331. The highest BCUT2D eigenvalue weighted by atomic mass is 16.5. The van der Waals surface area contributed by atoms with Gasteiger partial charge in [0.1, 0.15) is 6.04 Å². The lowest BCUT2D eigenvalue weighted by Crippen LogP contribution is -2.49. The monoisotopic (exact) mass is 522 g/mol. The molecule has 3 unspecified atom stereocenters. The van der Waals surface area contributed by atoms with Crippen molar-refractivity contribution in [3.8, 4) is 0 Å². The van der Waals surface area contributed by atoms with Crippen molar-refractivity contribution in [1.82, 2.24) is 9.88 Å². The smallest absolute Gasteiger partial charge is 0.255 e. The fourth-order valence-electron chi connectivity index (χ4n) is 5.94. The molecule has 0 saturated carbocycles. The molecular weight excluding hydrogens is 488 g/mol. The van der Waals surface area contributed by atoms with Gasteiger partial charge in [0, 0.05) is 52.7 Å². The molecular formula is C32H34N4O3. The zero-order valence-corrected chi connectivity index (χ0v) is 22.4. The second-order valence-corrected chi connectivity index (χ2v) is 10.5. The number of rotatable bonds is 7. The van der Waals surface area contributed by atoms with Crippen molar-refractivity contribution in [3.63, 3.8) is 0 Å². The second-order valence-electron chi connectivity index (χ2n) is 10.5. The normalized spacial score (nSPS) is 18.7. The van der Waals surface area contributed by atoms with Crippen LogP contribution in [0, 0.1) is 5.92 Å². The van der Waals surface area contributed by atoms with E-state index in [2.05, 4.69) is 28.2 Å². The van der Waals surface area contributed by atoms with E-state index in [4.69, 9.17) is 4.74 Å². The number of nitrogens with one attached hydrogen (secondary N) is 2. The number of amides is 2. The molecule has 7 heteroatoms. The standard InChI is InChI=1S/C32H34N4O3/c1-3-21(2)29(31(37)34-22-12-14-23(15-13-22)35-16-18-39-19-17-35)36-30(25-9-4-5-10-26(25)32(36)38)27-20-33-28-11-7-6-8-24(27)28/h4-15,20-21,29-30,33H,3,16-19H2,1-2H3,(H,34,37). The van der Waals surface area contributed by atoms with Crippen LogP contribution >= 0.6 is 0 Å². The minimum Gasteiger partial charge on any atom is -0.378 e. The minimum absolute atomic E-state index is 0.0522. The molecule has 0 radical (unpaired) electrons. The van der Waals surface area contributed by atoms with Gasteiger partial charge in [0.05, 0.1) is 19.3 Å². The second kappa shape index (κ2) is 10.6. The summed E-state index contributed by atoms with van der Waals surface area (Å²) in [6.45, 7) is 7.27. The number of hydrogen-bond acceptors (Lipinski definition) is 4. The SMILES string of the molecule is CCC(C)C(C(=O)Nc1ccc(N2CCOCC2)cc1)N1C(=O)c2ccccc2C1c1c[nH]c2ccccc12. The van der Waals surface area contributed by atoms with Crippen LogP contribution in [-0.2, 0) is 9.53 Å². The van der Waals surface area contributed by atoms with Gasteiger partial charge >= 0.3 is 0 Å². The highest BCUT2D eigenvalue weighted by Crippen LogP contribution is 2.43. The fraction of sp³-hybridized carbons (Fsp3) is 0.312. The van der Waals surface area contributed by atoms with Gasteiger partial charge in [-0.2, -0.15) is 0 Å². The molecule has 0 spiro atoms. The third-order valence-electron chi connectivity index (χ3n) is 8.18. The van der Waals surface area contributed by atoms with Crippen LogP contribution in [0.4, 0.5) is 11.4 Å². The molecule has 200 valence electrons. The summed E-state index contributed by atoms with van der Waals surface area (Å²) in [6, 6.07) is 22.8. The van der Waals surface area contributed by atoms with Crippen molar-refractivity contribution in [2.45, 2.75) is 32.4 Å². The number of aromatic nitrogens is 1. The largest absolute Gasteiger partial charge is 0.378 e. The van der Waals surface area contributed by atoms with E-state index in [0.717, 1.165) is 66.1 Å². The molecule has 2 aliphatic heterocycles. The van der Waals surface area contributed by atoms with Crippen LogP contribution in [0.3, 0.4) is 0 Å². The molecule has 1 saturated heterocycles. The molecule has 3 aromatic carbocycles. The van der Waals surface area contributed by atoms with Gasteiger partial charge in [-0.3, -0.25) is 9.59 Å². The van der Waals surface area contributed by atoms with Gasteiger partial charge in [-0.25, -0.2) is 0 Å². The summed E-state index contributed by atoms with van der Waals surface area (Å²) in [4.78, 5) is 35.5. The summed E-state index contributed by atoms with van der Waals surface area (Å²) < 4.78 is 5.46. The molecule has 2 N–H and O–H groups in total. The Hall–Kier alpha value is -4.10. The molecule has 2 amide bonds. The minimum atomic E-state index is -0.646. The van der Waals surface area contributed by atoms with E-state index in [9.17, 15) is 9.59 Å². The van der Waals surface area contributed by atoms with Crippen LogP contribution in [0.5, 0.6) is 0 Å². The van der Waals surface area contributed by atoms with Crippen molar-refractivity contribution in [2.24, 2.45) is 5.92 Å². The maximum atomic E-state index is 14.0. The summed E-state index contributed by atoms with van der Waals surface area (Å²) >= 11 is 0. The van der Waals surface area contributed by atoms with Crippen LogP contribution in [0.2, 0.25) is 0 Å². The third-order valence-corrected chi connectivity index (χ3v) is 8.18. The topological polar surface area (TPSA) is 77.7 Å². The third kappa shape index (κ3) is 4.57. The average Bonchev–Trinajstić information content (AvgIpc) is 3.53. The summed E-state index contributed by atoms with van der Waals surface area (Å²) in [7, 11) is 0. The van der Waals surface area contributed by atoms with Gasteiger partial charge in [-0.1, -0.05) is 56.7 Å². The van der Waals surface area contributed by atoms with E-state index < -0.39 is 6.04 Å². The number of H-pyrrole nitrogens is 1. The average molecular weight is 523 g/mol. The Kier molecular flexibility index (Phi) is 6.83. The summed E-state index contributed by atoms with van der Waals surface area (Å²) in [5.41, 5.74) is 5.43. The van der Waals surface area contributed by atoms with Gasteiger partial charge in [0.15, 0.2) is 0 Å². The highest BCUT2D eigenvalue weighted by Gasteiger charge is 2.46. The van der Waals surface area contributed by atoms with E-state index in [1.807, 2.05) is 84.8 Å². The molecule has 1 fully saturated rings. The summed E-state index contributed by atoms with van der Waals surface area (Å²) in [6.07, 6.45) is 2.74. The van der Waals surface area contributed by atoms with Gasteiger partial charge in [0.2, 0.25) is 5.91 Å². The molecule has 4 aromatic rings. The van der Waals surface area contributed by atoms with Crippen molar-refractivity contribution >= 4 is 34.1 Å². The maximum absolute atomic E-state index is 14.0. The van der Waals surface area contributed by atoms with Crippen molar-refractivity contribution in [2.75, 3.05) is 36.5 Å². The number of nitrogens with zero attached hydrogens (tertiary/aromatic N) is 2. The van der Waals surface area contributed by atoms with Crippen LogP contribution in [-0.4, -0.2) is 54.0 Å². The predicted octanol–water partition coefficient (Wildman–Crippen LogP) is 5.60. The van der Waals surface area contributed by atoms with E-state index in [1.165, 1.54) is 0 Å². The first-order chi connectivity index (χ1) is 19.1. The Bertz CT molecular complexity index is 1490. The lowest BCUT2D eigenvalue weighted by molar-refractivity contribution is -0.122. The number of ether oxygens (including phenoxy) is 1. The number of anilines is 2. The Morgan fingerprint density at radius 2 is 1.72 bits per heavy atom. The molecule has 1 aromatic heterocycles. The Morgan fingerprint density at radius 3 is 2.49 bits per heavy atom. The Balaban J connectivity index is 1.35. The van der Waals surface area contributed by atoms with Crippen molar-refractivity contribution < 1.29 is 14.3 Å². The van der Waals surface area contributed by atoms with E-state index >= 15 is 0 Å². The van der Waals surface area contributed by atoms with Crippen LogP contribution in [0.1, 0.15) is 47.8 Å². The van der Waals surface area contributed by atoms with E-state index in [1.54, 1.807) is 0 Å². The molecule has 2 aliphatic rings. The van der Waals surface area contributed by atoms with Gasteiger partial charge in [-0.15, -0.1) is 0 Å². The van der Waals surface area contributed by atoms with Crippen LogP contribution in [0.15, 0.2) is 79.0 Å². The Labute approximate surface area is 228 Å². The number of aromatic amines is 1. The molecule has 3 atom stereocenters. The number of benzene rings is 3.